The van der Waals surface area contributed by atoms with Crippen LogP contribution in [-0.4, -0.2) is 42.0 Å². The molecule has 2 atom stereocenters. The van der Waals surface area contributed by atoms with E-state index < -0.39 is 0 Å². The maximum absolute atomic E-state index is 11.9. The first-order valence-electron chi connectivity index (χ1n) is 6.91. The summed E-state index contributed by atoms with van der Waals surface area (Å²) in [5.74, 6) is -0.0203. The van der Waals surface area contributed by atoms with Crippen LogP contribution < -0.4 is 10.6 Å². The SMILES string of the molecule is COCCNC(=O)C(C)NC(C)c1c(C)nn(C)c1C. The highest BCUT2D eigenvalue weighted by Gasteiger charge is 2.20. The van der Waals surface area contributed by atoms with Crippen molar-refractivity contribution in [1.29, 1.82) is 0 Å². The number of hydrogen-bond donors (Lipinski definition) is 2. The Balaban J connectivity index is 2.61. The molecular weight excluding hydrogens is 256 g/mol. The Morgan fingerprint density at radius 2 is 2.05 bits per heavy atom. The third-order valence-corrected chi connectivity index (χ3v) is 3.50. The van der Waals surface area contributed by atoms with Gasteiger partial charge in [-0.2, -0.15) is 5.10 Å². The summed E-state index contributed by atoms with van der Waals surface area (Å²) in [5, 5.41) is 10.5. The van der Waals surface area contributed by atoms with Crippen LogP contribution in [0.2, 0.25) is 0 Å². The molecule has 2 unspecified atom stereocenters. The summed E-state index contributed by atoms with van der Waals surface area (Å²) in [7, 11) is 3.54. The van der Waals surface area contributed by atoms with Crippen LogP contribution in [0, 0.1) is 13.8 Å². The van der Waals surface area contributed by atoms with Crippen molar-refractivity contribution in [2.24, 2.45) is 7.05 Å². The maximum Gasteiger partial charge on any atom is 0.236 e. The predicted octanol–water partition coefficient (Wildman–Crippen LogP) is 0.839. The number of aryl methyl sites for hydroxylation is 2. The third-order valence-electron chi connectivity index (χ3n) is 3.50. The Kier molecular flexibility index (Phi) is 6.16. The van der Waals surface area contributed by atoms with Crippen LogP contribution in [0.4, 0.5) is 0 Å². The number of rotatable bonds is 7. The number of carbonyl (C=O) groups is 1. The molecule has 0 aliphatic carbocycles. The standard InChI is InChI=1S/C14H26N4O2/c1-9(13-10(2)17-18(5)12(13)4)16-11(3)14(19)15-7-8-20-6/h9,11,16H,7-8H2,1-6H3,(H,15,19). The number of carbonyl (C=O) groups excluding carboxylic acids is 1. The molecule has 6 heteroatoms. The van der Waals surface area contributed by atoms with Gasteiger partial charge in [0.15, 0.2) is 0 Å². The normalized spacial score (nSPS) is 14.1. The molecule has 1 amide bonds. The quantitative estimate of drug-likeness (QED) is 0.727. The number of methoxy groups -OCH3 is 1. The highest BCUT2D eigenvalue weighted by Crippen LogP contribution is 2.20. The van der Waals surface area contributed by atoms with Crippen molar-refractivity contribution in [3.63, 3.8) is 0 Å². The smallest absolute Gasteiger partial charge is 0.236 e. The van der Waals surface area contributed by atoms with E-state index in [1.807, 2.05) is 32.5 Å². The lowest BCUT2D eigenvalue weighted by Gasteiger charge is -2.20. The molecule has 1 aromatic heterocycles. The number of ether oxygens (including phenoxy) is 1. The van der Waals surface area contributed by atoms with Crippen LogP contribution in [0.1, 0.15) is 36.8 Å². The second kappa shape index (κ2) is 7.40. The van der Waals surface area contributed by atoms with Crippen molar-refractivity contribution in [3.05, 3.63) is 17.0 Å². The summed E-state index contributed by atoms with van der Waals surface area (Å²) in [6.45, 7) is 8.99. The van der Waals surface area contributed by atoms with E-state index >= 15 is 0 Å². The van der Waals surface area contributed by atoms with Crippen molar-refractivity contribution in [2.45, 2.75) is 39.8 Å². The Bertz CT molecular complexity index is 456. The van der Waals surface area contributed by atoms with Crippen molar-refractivity contribution in [1.82, 2.24) is 20.4 Å². The van der Waals surface area contributed by atoms with E-state index in [1.54, 1.807) is 7.11 Å². The molecule has 1 heterocycles. The molecule has 114 valence electrons. The van der Waals surface area contributed by atoms with Gasteiger partial charge in [-0.3, -0.25) is 14.8 Å². The van der Waals surface area contributed by atoms with E-state index in [4.69, 9.17) is 4.74 Å². The first-order chi connectivity index (χ1) is 9.38. The van der Waals surface area contributed by atoms with E-state index in [9.17, 15) is 4.79 Å². The number of amides is 1. The minimum atomic E-state index is -0.263. The van der Waals surface area contributed by atoms with Gasteiger partial charge in [0.2, 0.25) is 5.91 Å². The van der Waals surface area contributed by atoms with E-state index in [0.29, 0.717) is 13.2 Å². The minimum Gasteiger partial charge on any atom is -0.383 e. The van der Waals surface area contributed by atoms with Crippen LogP contribution in [0.15, 0.2) is 0 Å². The molecule has 0 radical (unpaired) electrons. The molecule has 1 aromatic rings. The molecule has 0 saturated heterocycles. The summed E-state index contributed by atoms with van der Waals surface area (Å²) in [5.41, 5.74) is 3.27. The fraction of sp³-hybridized carbons (Fsp3) is 0.714. The third kappa shape index (κ3) is 4.05. The van der Waals surface area contributed by atoms with Gasteiger partial charge in [-0.1, -0.05) is 0 Å². The fourth-order valence-corrected chi connectivity index (χ4v) is 2.38. The highest BCUT2D eigenvalue weighted by molar-refractivity contribution is 5.81. The molecule has 0 saturated carbocycles. The van der Waals surface area contributed by atoms with Crippen molar-refractivity contribution < 1.29 is 9.53 Å². The molecule has 0 bridgehead atoms. The van der Waals surface area contributed by atoms with Crippen molar-refractivity contribution >= 4 is 5.91 Å². The van der Waals surface area contributed by atoms with Crippen molar-refractivity contribution in [2.75, 3.05) is 20.3 Å². The van der Waals surface area contributed by atoms with Gasteiger partial charge in [0.25, 0.3) is 0 Å². The van der Waals surface area contributed by atoms with Crippen LogP contribution in [0.25, 0.3) is 0 Å². The van der Waals surface area contributed by atoms with Gasteiger partial charge < -0.3 is 10.1 Å². The van der Waals surface area contributed by atoms with Gasteiger partial charge in [0, 0.05) is 38.0 Å². The second-order valence-electron chi connectivity index (χ2n) is 5.10. The Hall–Kier alpha value is -1.40. The zero-order valence-corrected chi connectivity index (χ0v) is 13.3. The monoisotopic (exact) mass is 282 g/mol. The van der Waals surface area contributed by atoms with Gasteiger partial charge in [-0.05, 0) is 27.7 Å². The van der Waals surface area contributed by atoms with Gasteiger partial charge in [-0.15, -0.1) is 0 Å². The summed E-state index contributed by atoms with van der Waals surface area (Å²) < 4.78 is 6.78. The lowest BCUT2D eigenvalue weighted by Crippen LogP contribution is -2.44. The number of nitrogens with zero attached hydrogens (tertiary/aromatic N) is 2. The lowest BCUT2D eigenvalue weighted by molar-refractivity contribution is -0.123. The molecule has 0 fully saturated rings. The average Bonchev–Trinajstić information content (AvgIpc) is 2.63. The largest absolute Gasteiger partial charge is 0.383 e. The van der Waals surface area contributed by atoms with E-state index in [2.05, 4.69) is 22.7 Å². The molecule has 6 nitrogen and oxygen atoms in total. The van der Waals surface area contributed by atoms with Gasteiger partial charge in [-0.25, -0.2) is 0 Å². The molecule has 20 heavy (non-hydrogen) atoms. The topological polar surface area (TPSA) is 68.2 Å². The summed E-state index contributed by atoms with van der Waals surface area (Å²) >= 11 is 0. The van der Waals surface area contributed by atoms with Gasteiger partial charge >= 0.3 is 0 Å². The second-order valence-corrected chi connectivity index (χ2v) is 5.10. The maximum atomic E-state index is 11.9. The molecular formula is C14H26N4O2. The molecule has 0 aliphatic heterocycles. The fourth-order valence-electron chi connectivity index (χ4n) is 2.38. The summed E-state index contributed by atoms with van der Waals surface area (Å²) in [6, 6.07) is -0.187. The first kappa shape index (κ1) is 16.7. The first-order valence-corrected chi connectivity index (χ1v) is 6.91. The van der Waals surface area contributed by atoms with Gasteiger partial charge in [0.1, 0.15) is 0 Å². The number of nitrogens with one attached hydrogen (secondary N) is 2. The predicted molar refractivity (Wildman–Crippen MR) is 78.6 cm³/mol. The highest BCUT2D eigenvalue weighted by atomic mass is 16.5. The van der Waals surface area contributed by atoms with Crippen LogP contribution in [-0.2, 0) is 16.6 Å². The van der Waals surface area contributed by atoms with Crippen LogP contribution >= 0.6 is 0 Å². The van der Waals surface area contributed by atoms with E-state index in [-0.39, 0.29) is 18.0 Å². The molecule has 1 rings (SSSR count). The lowest BCUT2D eigenvalue weighted by atomic mass is 10.1. The number of aromatic nitrogens is 2. The minimum absolute atomic E-state index is 0.0203. The van der Waals surface area contributed by atoms with E-state index in [1.165, 1.54) is 0 Å². The van der Waals surface area contributed by atoms with Gasteiger partial charge in [0.05, 0.1) is 18.3 Å². The van der Waals surface area contributed by atoms with Crippen LogP contribution in [0.3, 0.4) is 0 Å². The molecule has 0 spiro atoms. The van der Waals surface area contributed by atoms with E-state index in [0.717, 1.165) is 17.0 Å². The average molecular weight is 282 g/mol. The molecule has 0 aromatic carbocycles. The molecule has 2 N–H and O–H groups in total. The zero-order chi connectivity index (χ0) is 15.3. The zero-order valence-electron chi connectivity index (χ0n) is 13.3. The molecule has 0 aliphatic rings. The van der Waals surface area contributed by atoms with Crippen molar-refractivity contribution in [3.8, 4) is 0 Å². The Labute approximate surface area is 120 Å². The summed E-state index contributed by atoms with van der Waals surface area (Å²) in [6.07, 6.45) is 0. The summed E-state index contributed by atoms with van der Waals surface area (Å²) in [4.78, 5) is 11.9. The number of hydrogen-bond acceptors (Lipinski definition) is 4. The van der Waals surface area contributed by atoms with Crippen LogP contribution in [0.5, 0.6) is 0 Å². The Morgan fingerprint density at radius 1 is 1.40 bits per heavy atom. The Morgan fingerprint density at radius 3 is 2.55 bits per heavy atom.